The largest absolute Gasteiger partial charge is 0.506 e. The molecule has 0 aromatic carbocycles. The van der Waals surface area contributed by atoms with E-state index in [0.29, 0.717) is 17.6 Å². The van der Waals surface area contributed by atoms with Gasteiger partial charge in [-0.05, 0) is 24.0 Å². The number of carbonyl (C=O) groups excluding carboxylic acids is 2. The van der Waals surface area contributed by atoms with E-state index in [0.717, 1.165) is 6.42 Å². The summed E-state index contributed by atoms with van der Waals surface area (Å²) in [6, 6.07) is 0. The second-order valence-corrected chi connectivity index (χ2v) is 3.72. The van der Waals surface area contributed by atoms with Crippen LogP contribution in [-0.2, 0) is 19.1 Å². The van der Waals surface area contributed by atoms with E-state index in [4.69, 9.17) is 0 Å². The van der Waals surface area contributed by atoms with Crippen molar-refractivity contribution in [1.82, 2.24) is 0 Å². The molecule has 5 nitrogen and oxygen atoms in total. The summed E-state index contributed by atoms with van der Waals surface area (Å²) in [6.07, 6.45) is 3.16. The summed E-state index contributed by atoms with van der Waals surface area (Å²) in [6.45, 7) is 0. The zero-order chi connectivity index (χ0) is 12.6. The molecule has 0 fully saturated rings. The van der Waals surface area contributed by atoms with Gasteiger partial charge in [-0.3, -0.25) is 0 Å². The fraction of sp³-hybridized carbons (Fsp3) is 0.333. The molecule has 0 bridgehead atoms. The van der Waals surface area contributed by atoms with Gasteiger partial charge in [-0.1, -0.05) is 6.08 Å². The molecule has 90 valence electrons. The maximum absolute atomic E-state index is 11.6. The minimum Gasteiger partial charge on any atom is -0.506 e. The summed E-state index contributed by atoms with van der Waals surface area (Å²) in [7, 11) is 2.46. The Kier molecular flexibility index (Phi) is 2.75. The number of methoxy groups -OCH3 is 2. The molecule has 0 aliphatic heterocycles. The first-order chi connectivity index (χ1) is 8.11. The number of ether oxygens (including phenoxy) is 2. The number of allylic oxidation sites excluding steroid dienone is 2. The van der Waals surface area contributed by atoms with Gasteiger partial charge in [-0.15, -0.1) is 0 Å². The molecule has 0 saturated heterocycles. The molecule has 0 radical (unpaired) electrons. The van der Waals surface area contributed by atoms with Crippen LogP contribution in [0.4, 0.5) is 0 Å². The SMILES string of the molecule is COC(=O)C1=C(O)C(C(=O)OC)=C2CCC=C21. The molecule has 2 rings (SSSR count). The van der Waals surface area contributed by atoms with Crippen LogP contribution in [0.25, 0.3) is 0 Å². The van der Waals surface area contributed by atoms with Crippen LogP contribution in [0.2, 0.25) is 0 Å². The van der Waals surface area contributed by atoms with Crippen LogP contribution >= 0.6 is 0 Å². The second kappa shape index (κ2) is 4.08. The van der Waals surface area contributed by atoms with Crippen molar-refractivity contribution in [2.45, 2.75) is 12.8 Å². The fourth-order valence-corrected chi connectivity index (χ4v) is 2.16. The molecule has 2 aliphatic rings. The van der Waals surface area contributed by atoms with Crippen LogP contribution in [0.5, 0.6) is 0 Å². The Morgan fingerprint density at radius 2 is 1.76 bits per heavy atom. The fourth-order valence-electron chi connectivity index (χ4n) is 2.16. The van der Waals surface area contributed by atoms with Crippen molar-refractivity contribution in [2.24, 2.45) is 0 Å². The molecule has 0 amide bonds. The maximum atomic E-state index is 11.6. The number of aliphatic hydroxyl groups excluding tert-OH is 1. The Labute approximate surface area is 98.0 Å². The van der Waals surface area contributed by atoms with E-state index in [1.54, 1.807) is 0 Å². The molecule has 5 heteroatoms. The molecular weight excluding hydrogens is 224 g/mol. The average molecular weight is 236 g/mol. The van der Waals surface area contributed by atoms with Gasteiger partial charge in [0.05, 0.1) is 14.2 Å². The summed E-state index contributed by atoms with van der Waals surface area (Å²) in [5.41, 5.74) is 1.39. The molecular formula is C12H12O5. The van der Waals surface area contributed by atoms with E-state index in [9.17, 15) is 14.7 Å². The van der Waals surface area contributed by atoms with Crippen molar-refractivity contribution in [3.05, 3.63) is 34.1 Å². The van der Waals surface area contributed by atoms with E-state index in [1.807, 2.05) is 6.08 Å². The van der Waals surface area contributed by atoms with Crippen molar-refractivity contribution in [1.29, 1.82) is 0 Å². The first-order valence-corrected chi connectivity index (χ1v) is 5.16. The lowest BCUT2D eigenvalue weighted by atomic mass is 10.1. The molecule has 0 spiro atoms. The maximum Gasteiger partial charge on any atom is 0.342 e. The monoisotopic (exact) mass is 236 g/mol. The van der Waals surface area contributed by atoms with Crippen LogP contribution in [0.3, 0.4) is 0 Å². The number of aliphatic hydroxyl groups is 1. The zero-order valence-electron chi connectivity index (χ0n) is 9.57. The van der Waals surface area contributed by atoms with E-state index in [2.05, 4.69) is 9.47 Å². The Hall–Kier alpha value is -2.04. The third kappa shape index (κ3) is 1.54. The topological polar surface area (TPSA) is 72.8 Å². The summed E-state index contributed by atoms with van der Waals surface area (Å²) in [5.74, 6) is -1.62. The normalized spacial score (nSPS) is 18.1. The van der Waals surface area contributed by atoms with Gasteiger partial charge in [0.1, 0.15) is 16.9 Å². The van der Waals surface area contributed by atoms with Crippen molar-refractivity contribution in [2.75, 3.05) is 14.2 Å². The third-order valence-corrected chi connectivity index (χ3v) is 2.89. The molecule has 0 heterocycles. The van der Waals surface area contributed by atoms with Crippen molar-refractivity contribution < 1.29 is 24.2 Å². The number of rotatable bonds is 2. The lowest BCUT2D eigenvalue weighted by Crippen LogP contribution is -2.10. The van der Waals surface area contributed by atoms with Crippen LogP contribution in [-0.4, -0.2) is 31.3 Å². The molecule has 1 N–H and O–H groups in total. The first kappa shape index (κ1) is 11.4. The number of hydrogen-bond acceptors (Lipinski definition) is 5. The van der Waals surface area contributed by atoms with Gasteiger partial charge in [0.25, 0.3) is 0 Å². The van der Waals surface area contributed by atoms with Crippen LogP contribution in [0.1, 0.15) is 12.8 Å². The molecule has 0 saturated carbocycles. The molecule has 0 unspecified atom stereocenters. The lowest BCUT2D eigenvalue weighted by Gasteiger charge is -2.03. The van der Waals surface area contributed by atoms with Crippen LogP contribution in [0.15, 0.2) is 34.1 Å². The number of fused-ring (bicyclic) bond motifs is 1. The highest BCUT2D eigenvalue weighted by Crippen LogP contribution is 2.43. The van der Waals surface area contributed by atoms with E-state index < -0.39 is 11.9 Å². The van der Waals surface area contributed by atoms with Crippen molar-refractivity contribution in [3.8, 4) is 0 Å². The first-order valence-electron chi connectivity index (χ1n) is 5.16. The minimum atomic E-state index is -0.646. The Balaban J connectivity index is 2.55. The van der Waals surface area contributed by atoms with Gasteiger partial charge in [-0.2, -0.15) is 0 Å². The van der Waals surface area contributed by atoms with Crippen LogP contribution in [0, 0.1) is 0 Å². The molecule has 17 heavy (non-hydrogen) atoms. The molecule has 0 atom stereocenters. The average Bonchev–Trinajstić information content (AvgIpc) is 2.86. The summed E-state index contributed by atoms with van der Waals surface area (Å²) >= 11 is 0. The molecule has 0 aromatic rings. The lowest BCUT2D eigenvalue weighted by molar-refractivity contribution is -0.136. The van der Waals surface area contributed by atoms with E-state index in [-0.39, 0.29) is 16.9 Å². The summed E-state index contributed by atoms with van der Waals surface area (Å²) in [4.78, 5) is 23.1. The Bertz CT molecular complexity index is 493. The highest BCUT2D eigenvalue weighted by Gasteiger charge is 2.38. The van der Waals surface area contributed by atoms with Gasteiger partial charge < -0.3 is 14.6 Å². The smallest absolute Gasteiger partial charge is 0.342 e. The van der Waals surface area contributed by atoms with Gasteiger partial charge in [-0.25, -0.2) is 9.59 Å². The quantitative estimate of drug-likeness (QED) is 0.729. The van der Waals surface area contributed by atoms with Gasteiger partial charge >= 0.3 is 11.9 Å². The van der Waals surface area contributed by atoms with Gasteiger partial charge in [0.15, 0.2) is 0 Å². The van der Waals surface area contributed by atoms with E-state index >= 15 is 0 Å². The van der Waals surface area contributed by atoms with Crippen LogP contribution < -0.4 is 0 Å². The predicted molar refractivity (Wildman–Crippen MR) is 58.0 cm³/mol. The standard InChI is InChI=1S/C12H12O5/c1-16-11(14)8-6-4-3-5-7(6)9(10(8)13)12(15)17-2/h4,13H,3,5H2,1-2H3. The van der Waals surface area contributed by atoms with E-state index in [1.165, 1.54) is 14.2 Å². The van der Waals surface area contributed by atoms with Crippen molar-refractivity contribution >= 4 is 11.9 Å². The number of hydrogen-bond donors (Lipinski definition) is 1. The highest BCUT2D eigenvalue weighted by molar-refractivity contribution is 6.06. The summed E-state index contributed by atoms with van der Waals surface area (Å²) in [5, 5.41) is 9.94. The van der Waals surface area contributed by atoms with Gasteiger partial charge in [0.2, 0.25) is 0 Å². The van der Waals surface area contributed by atoms with Gasteiger partial charge in [0, 0.05) is 0 Å². The van der Waals surface area contributed by atoms with Crippen molar-refractivity contribution in [3.63, 3.8) is 0 Å². The predicted octanol–water partition coefficient (Wildman–Crippen LogP) is 1.17. The molecule has 0 aromatic heterocycles. The Morgan fingerprint density at radius 1 is 1.18 bits per heavy atom. The number of carbonyl (C=O) groups is 2. The number of esters is 2. The molecule has 2 aliphatic carbocycles. The third-order valence-electron chi connectivity index (χ3n) is 2.89. The Morgan fingerprint density at radius 3 is 2.35 bits per heavy atom. The summed E-state index contributed by atoms with van der Waals surface area (Å²) < 4.78 is 9.20. The highest BCUT2D eigenvalue weighted by atomic mass is 16.5. The zero-order valence-corrected chi connectivity index (χ0v) is 9.57. The second-order valence-electron chi connectivity index (χ2n) is 3.72. The minimum absolute atomic E-state index is 0.0559.